The average Bonchev–Trinajstić information content (AvgIpc) is 2.62. The lowest BCUT2D eigenvalue weighted by Crippen LogP contribution is -3.11. The highest BCUT2D eigenvalue weighted by atomic mass is 32.1. The summed E-state index contributed by atoms with van der Waals surface area (Å²) < 4.78 is 0. The van der Waals surface area contributed by atoms with Gasteiger partial charge in [0, 0.05) is 19.2 Å². The molecule has 1 aliphatic rings. The number of thiocarbonyl (C=S) groups is 1. The van der Waals surface area contributed by atoms with E-state index in [1.54, 1.807) is 0 Å². The normalized spacial score (nSPS) is 18.1. The quantitative estimate of drug-likeness (QED) is 0.305. The summed E-state index contributed by atoms with van der Waals surface area (Å²) in [4.78, 5) is 32.1. The molecule has 0 aliphatic carbocycles. The van der Waals surface area contributed by atoms with Crippen LogP contribution in [0.2, 0.25) is 0 Å². The molecule has 1 aromatic rings. The summed E-state index contributed by atoms with van der Waals surface area (Å²) >= 11 is 5.18. The lowest BCUT2D eigenvalue weighted by atomic mass is 10.1. The number of nitrogens with zero attached hydrogens (tertiary/aromatic N) is 2. The Balaban J connectivity index is 2.02. The van der Waals surface area contributed by atoms with E-state index in [4.69, 9.17) is 12.2 Å². The zero-order valence-corrected chi connectivity index (χ0v) is 16.4. The van der Waals surface area contributed by atoms with Crippen LogP contribution in [0.4, 0.5) is 5.69 Å². The van der Waals surface area contributed by atoms with Crippen molar-refractivity contribution in [3.05, 3.63) is 29.8 Å². The van der Waals surface area contributed by atoms with Gasteiger partial charge in [0.2, 0.25) is 5.91 Å². The van der Waals surface area contributed by atoms with E-state index in [1.807, 2.05) is 31.2 Å². The molecule has 2 N–H and O–H groups in total. The number of anilines is 1. The second-order valence-electron chi connectivity index (χ2n) is 6.40. The van der Waals surface area contributed by atoms with E-state index in [0.717, 1.165) is 31.6 Å². The van der Waals surface area contributed by atoms with Gasteiger partial charge in [-0.1, -0.05) is 17.7 Å². The van der Waals surface area contributed by atoms with Gasteiger partial charge in [-0.05, 0) is 45.1 Å². The predicted molar refractivity (Wildman–Crippen MR) is 108 cm³/mol. The Labute approximate surface area is 160 Å². The van der Waals surface area contributed by atoms with Crippen LogP contribution in [-0.4, -0.2) is 49.3 Å². The predicted octanol–water partition coefficient (Wildman–Crippen LogP) is 0.745. The molecule has 0 aromatic heterocycles. The minimum Gasteiger partial charge on any atom is -0.335 e. The summed E-state index contributed by atoms with van der Waals surface area (Å²) in [5, 5.41) is 2.71. The average molecular weight is 376 g/mol. The molecule has 1 saturated heterocycles. The van der Waals surface area contributed by atoms with Gasteiger partial charge in [0.1, 0.15) is 0 Å². The molecular formula is C19H27N4O2S+. The molecular weight excluding hydrogens is 348 g/mol. The number of amides is 2. The maximum absolute atomic E-state index is 12.8. The number of aryl methyl sites for hydroxylation is 1. The number of carbonyl (C=O) groups is 2. The van der Waals surface area contributed by atoms with Gasteiger partial charge in [0.15, 0.2) is 11.0 Å². The largest absolute Gasteiger partial charge is 0.335 e. The molecule has 6 nitrogen and oxygen atoms in total. The Morgan fingerprint density at radius 2 is 1.88 bits per heavy atom. The summed E-state index contributed by atoms with van der Waals surface area (Å²) in [6, 6.07) is 7.44. The molecule has 1 heterocycles. The molecule has 7 heteroatoms. The molecule has 0 spiro atoms. The van der Waals surface area contributed by atoms with Crippen molar-refractivity contribution in [3.63, 3.8) is 0 Å². The number of carbonyl (C=O) groups excluding carboxylic acids is 2. The van der Waals surface area contributed by atoms with Crippen LogP contribution >= 0.6 is 12.2 Å². The number of rotatable bonds is 8. The standard InChI is InChI=1S/C19H26N4O2S/c1-4-22(5-2)12-6-11-20-13-16-17(24)21-19(26)23(18(16)25)15-9-7-14(3)8-10-15/h7-10,13,16H,4-6,11-12H2,1-3H3,(H,21,24,26)/p+1. The van der Waals surface area contributed by atoms with Crippen molar-refractivity contribution in [2.75, 3.05) is 31.1 Å². The molecule has 26 heavy (non-hydrogen) atoms. The molecule has 1 aliphatic heterocycles. The third-order valence-electron chi connectivity index (χ3n) is 4.57. The van der Waals surface area contributed by atoms with Crippen LogP contribution in [0.1, 0.15) is 25.8 Å². The summed E-state index contributed by atoms with van der Waals surface area (Å²) in [5.41, 5.74) is 1.73. The third kappa shape index (κ3) is 4.95. The zero-order valence-electron chi connectivity index (χ0n) is 15.6. The lowest BCUT2D eigenvalue weighted by Gasteiger charge is -2.31. The van der Waals surface area contributed by atoms with Crippen molar-refractivity contribution in [2.45, 2.75) is 27.2 Å². The van der Waals surface area contributed by atoms with Crippen molar-refractivity contribution in [2.24, 2.45) is 10.9 Å². The van der Waals surface area contributed by atoms with Gasteiger partial charge in [-0.3, -0.25) is 19.5 Å². The zero-order chi connectivity index (χ0) is 19.1. The summed E-state index contributed by atoms with van der Waals surface area (Å²) in [6.07, 6.45) is 2.38. The van der Waals surface area contributed by atoms with E-state index in [1.165, 1.54) is 16.0 Å². The van der Waals surface area contributed by atoms with Gasteiger partial charge in [-0.25, -0.2) is 0 Å². The minimum atomic E-state index is -0.941. The second-order valence-corrected chi connectivity index (χ2v) is 6.78. The maximum atomic E-state index is 12.8. The van der Waals surface area contributed by atoms with E-state index in [9.17, 15) is 9.59 Å². The summed E-state index contributed by atoms with van der Waals surface area (Å²) in [7, 11) is 0. The number of hydrogen-bond donors (Lipinski definition) is 2. The van der Waals surface area contributed by atoms with Crippen molar-refractivity contribution < 1.29 is 14.5 Å². The van der Waals surface area contributed by atoms with Crippen molar-refractivity contribution in [1.82, 2.24) is 5.32 Å². The number of nitrogens with one attached hydrogen (secondary N) is 2. The van der Waals surface area contributed by atoms with Crippen LogP contribution in [0, 0.1) is 12.8 Å². The number of aliphatic imine (C=N–C) groups is 1. The van der Waals surface area contributed by atoms with E-state index in [-0.39, 0.29) is 11.0 Å². The molecule has 2 rings (SSSR count). The molecule has 0 saturated carbocycles. The van der Waals surface area contributed by atoms with Crippen LogP contribution < -0.4 is 15.1 Å². The fourth-order valence-electron chi connectivity index (χ4n) is 2.86. The summed E-state index contributed by atoms with van der Waals surface area (Å²) in [5.74, 6) is -1.72. The molecule has 1 unspecified atom stereocenters. The first-order valence-corrected chi connectivity index (χ1v) is 9.47. The molecule has 0 bridgehead atoms. The first-order valence-electron chi connectivity index (χ1n) is 9.06. The second kappa shape index (κ2) is 9.54. The van der Waals surface area contributed by atoms with Gasteiger partial charge in [0.25, 0.3) is 5.91 Å². The molecule has 2 amide bonds. The SMILES string of the molecule is CC[NH+](CC)CCCN=CC1C(=O)NC(=S)N(c2ccc(C)cc2)C1=O. The number of quaternary nitrogens is 1. The molecule has 140 valence electrons. The van der Waals surface area contributed by atoms with Gasteiger partial charge in [-0.15, -0.1) is 0 Å². The molecule has 1 fully saturated rings. The molecule has 0 radical (unpaired) electrons. The van der Waals surface area contributed by atoms with Gasteiger partial charge in [0.05, 0.1) is 25.3 Å². The Morgan fingerprint density at radius 1 is 1.23 bits per heavy atom. The maximum Gasteiger partial charge on any atom is 0.251 e. The van der Waals surface area contributed by atoms with Gasteiger partial charge in [-0.2, -0.15) is 0 Å². The minimum absolute atomic E-state index is 0.110. The monoisotopic (exact) mass is 375 g/mol. The van der Waals surface area contributed by atoms with Crippen molar-refractivity contribution >= 4 is 41.0 Å². The Hall–Kier alpha value is -2.12. The van der Waals surface area contributed by atoms with Crippen molar-refractivity contribution in [1.29, 1.82) is 0 Å². The lowest BCUT2D eigenvalue weighted by molar-refractivity contribution is -0.896. The highest BCUT2D eigenvalue weighted by Crippen LogP contribution is 2.20. The van der Waals surface area contributed by atoms with E-state index in [0.29, 0.717) is 12.2 Å². The van der Waals surface area contributed by atoms with Gasteiger partial charge < -0.3 is 10.2 Å². The highest BCUT2D eigenvalue weighted by molar-refractivity contribution is 7.80. The summed E-state index contributed by atoms with van der Waals surface area (Å²) in [6.45, 7) is 10.1. The van der Waals surface area contributed by atoms with Crippen molar-refractivity contribution in [3.8, 4) is 0 Å². The first kappa shape index (κ1) is 20.2. The van der Waals surface area contributed by atoms with Gasteiger partial charge >= 0.3 is 0 Å². The smallest absolute Gasteiger partial charge is 0.251 e. The fourth-order valence-corrected chi connectivity index (χ4v) is 3.16. The highest BCUT2D eigenvalue weighted by Gasteiger charge is 2.38. The van der Waals surface area contributed by atoms with E-state index in [2.05, 4.69) is 24.2 Å². The number of hydrogen-bond acceptors (Lipinski definition) is 4. The van der Waals surface area contributed by atoms with Crippen LogP contribution in [0.25, 0.3) is 0 Å². The van der Waals surface area contributed by atoms with E-state index >= 15 is 0 Å². The van der Waals surface area contributed by atoms with E-state index < -0.39 is 11.8 Å². The Kier molecular flexibility index (Phi) is 7.41. The van der Waals surface area contributed by atoms with Crippen LogP contribution in [0.15, 0.2) is 29.3 Å². The number of benzene rings is 1. The topological polar surface area (TPSA) is 66.2 Å². The fraction of sp³-hybridized carbons (Fsp3) is 0.474. The van der Waals surface area contributed by atoms with Crippen LogP contribution in [0.5, 0.6) is 0 Å². The van der Waals surface area contributed by atoms with Crippen LogP contribution in [0.3, 0.4) is 0 Å². The van der Waals surface area contributed by atoms with Crippen LogP contribution in [-0.2, 0) is 9.59 Å². The Morgan fingerprint density at radius 3 is 2.50 bits per heavy atom. The molecule has 1 atom stereocenters. The Bertz CT molecular complexity index is 683. The molecule has 1 aromatic carbocycles. The third-order valence-corrected chi connectivity index (χ3v) is 4.85. The first-order chi connectivity index (χ1) is 12.5.